The number of hydrogen-bond acceptors (Lipinski definition) is 2. The monoisotopic (exact) mass is 224 g/mol. The van der Waals surface area contributed by atoms with E-state index in [0.717, 1.165) is 36.2 Å². The molecule has 3 heteroatoms. The maximum Gasteiger partial charge on any atom is 0.0429 e. The van der Waals surface area contributed by atoms with Crippen molar-refractivity contribution in [1.29, 1.82) is 0 Å². The van der Waals surface area contributed by atoms with Crippen LogP contribution in [0.3, 0.4) is 0 Å². The maximum atomic E-state index is 5.92. The third-order valence-corrected chi connectivity index (χ3v) is 3.21. The molecule has 1 aromatic rings. The molecule has 0 aromatic heterocycles. The van der Waals surface area contributed by atoms with Crippen LogP contribution in [0.4, 0.5) is 5.69 Å². The first-order valence-corrected chi connectivity index (χ1v) is 5.78. The Bertz CT molecular complexity index is 331. The van der Waals surface area contributed by atoms with E-state index < -0.39 is 0 Å². The van der Waals surface area contributed by atoms with E-state index in [1.54, 1.807) is 6.07 Å². The second kappa shape index (κ2) is 4.42. The number of nitrogen functional groups attached to an aromatic ring is 1. The summed E-state index contributed by atoms with van der Waals surface area (Å²) < 4.78 is 0. The molecule has 1 aliphatic carbocycles. The lowest BCUT2D eigenvalue weighted by Gasteiger charge is -2.05. The minimum atomic E-state index is 0.714. The Kier molecular flexibility index (Phi) is 3.17. The van der Waals surface area contributed by atoms with Gasteiger partial charge in [-0.15, -0.1) is 0 Å². The average molecular weight is 225 g/mol. The van der Waals surface area contributed by atoms with Gasteiger partial charge in [-0.3, -0.25) is 0 Å². The quantitative estimate of drug-likeness (QED) is 0.772. The van der Waals surface area contributed by atoms with Crippen LogP contribution in [0.5, 0.6) is 0 Å². The van der Waals surface area contributed by atoms with Gasteiger partial charge in [-0.25, -0.2) is 0 Å². The molecular weight excluding hydrogens is 208 g/mol. The van der Waals surface area contributed by atoms with Gasteiger partial charge in [0.2, 0.25) is 0 Å². The van der Waals surface area contributed by atoms with Crippen molar-refractivity contribution in [3.05, 3.63) is 28.8 Å². The molecule has 0 saturated heterocycles. The van der Waals surface area contributed by atoms with Crippen LogP contribution >= 0.6 is 11.6 Å². The summed E-state index contributed by atoms with van der Waals surface area (Å²) in [5.41, 5.74) is 7.61. The highest BCUT2D eigenvalue weighted by molar-refractivity contribution is 6.30. The lowest BCUT2D eigenvalue weighted by molar-refractivity contribution is 0.612. The van der Waals surface area contributed by atoms with Gasteiger partial charge in [-0.05, 0) is 48.6 Å². The zero-order valence-corrected chi connectivity index (χ0v) is 9.72. The van der Waals surface area contributed by atoms with Crippen molar-refractivity contribution in [1.82, 2.24) is 5.32 Å². The fourth-order valence-electron chi connectivity index (χ4n) is 1.86. The van der Waals surface area contributed by atoms with E-state index in [4.69, 9.17) is 17.3 Å². The Morgan fingerprint density at radius 1 is 1.47 bits per heavy atom. The van der Waals surface area contributed by atoms with Crippen LogP contribution in [0, 0.1) is 11.8 Å². The van der Waals surface area contributed by atoms with Gasteiger partial charge >= 0.3 is 0 Å². The zero-order valence-electron chi connectivity index (χ0n) is 8.96. The zero-order chi connectivity index (χ0) is 10.8. The van der Waals surface area contributed by atoms with E-state index in [2.05, 4.69) is 12.2 Å². The highest BCUT2D eigenvalue weighted by Gasteiger charge is 2.31. The molecule has 1 aromatic carbocycles. The van der Waals surface area contributed by atoms with Crippen molar-refractivity contribution in [2.24, 2.45) is 11.8 Å². The van der Waals surface area contributed by atoms with Crippen LogP contribution in [-0.4, -0.2) is 6.54 Å². The third kappa shape index (κ3) is 3.11. The van der Waals surface area contributed by atoms with Crippen LogP contribution in [0.1, 0.15) is 18.9 Å². The van der Waals surface area contributed by atoms with E-state index >= 15 is 0 Å². The topological polar surface area (TPSA) is 38.0 Å². The first-order valence-electron chi connectivity index (χ1n) is 5.41. The Balaban J connectivity index is 1.82. The Hall–Kier alpha value is -0.730. The second-order valence-corrected chi connectivity index (χ2v) is 4.93. The molecule has 2 unspecified atom stereocenters. The minimum Gasteiger partial charge on any atom is -0.399 e. The van der Waals surface area contributed by atoms with E-state index in [1.807, 2.05) is 12.1 Å². The molecule has 2 nitrogen and oxygen atoms in total. The molecule has 1 fully saturated rings. The molecule has 0 amide bonds. The minimum absolute atomic E-state index is 0.714. The van der Waals surface area contributed by atoms with Gasteiger partial charge in [0, 0.05) is 17.3 Å². The highest BCUT2D eigenvalue weighted by Crippen LogP contribution is 2.36. The van der Waals surface area contributed by atoms with Crippen molar-refractivity contribution in [2.75, 3.05) is 12.3 Å². The SMILES string of the molecule is CC1CC1CNCc1cc(N)cc(Cl)c1. The van der Waals surface area contributed by atoms with Crippen LogP contribution < -0.4 is 11.1 Å². The molecule has 1 aliphatic rings. The summed E-state index contributed by atoms with van der Waals surface area (Å²) in [5.74, 6) is 1.78. The maximum absolute atomic E-state index is 5.92. The first kappa shape index (κ1) is 10.8. The number of anilines is 1. The third-order valence-electron chi connectivity index (χ3n) is 2.99. The lowest BCUT2D eigenvalue weighted by atomic mass is 10.2. The molecule has 1 saturated carbocycles. The summed E-state index contributed by atoms with van der Waals surface area (Å²) >= 11 is 5.92. The molecular formula is C12H17ClN2. The van der Waals surface area contributed by atoms with E-state index in [9.17, 15) is 0 Å². The predicted molar refractivity (Wildman–Crippen MR) is 64.8 cm³/mol. The summed E-state index contributed by atoms with van der Waals surface area (Å²) in [6.45, 7) is 4.26. The van der Waals surface area contributed by atoms with E-state index in [-0.39, 0.29) is 0 Å². The fourth-order valence-corrected chi connectivity index (χ4v) is 2.13. The van der Waals surface area contributed by atoms with Crippen LogP contribution in [0.2, 0.25) is 5.02 Å². The van der Waals surface area contributed by atoms with Gasteiger partial charge in [-0.2, -0.15) is 0 Å². The molecule has 0 heterocycles. The molecule has 2 atom stereocenters. The summed E-state index contributed by atoms with van der Waals surface area (Å²) in [7, 11) is 0. The van der Waals surface area contributed by atoms with Gasteiger partial charge in [0.25, 0.3) is 0 Å². The van der Waals surface area contributed by atoms with Gasteiger partial charge < -0.3 is 11.1 Å². The Morgan fingerprint density at radius 2 is 2.20 bits per heavy atom. The molecule has 82 valence electrons. The largest absolute Gasteiger partial charge is 0.399 e. The van der Waals surface area contributed by atoms with Crippen molar-refractivity contribution < 1.29 is 0 Å². The van der Waals surface area contributed by atoms with Gasteiger partial charge in [0.05, 0.1) is 0 Å². The van der Waals surface area contributed by atoms with E-state index in [0.29, 0.717) is 5.02 Å². The summed E-state index contributed by atoms with van der Waals surface area (Å²) in [5, 5.41) is 4.15. The summed E-state index contributed by atoms with van der Waals surface area (Å²) in [4.78, 5) is 0. The fraction of sp³-hybridized carbons (Fsp3) is 0.500. The first-order chi connectivity index (χ1) is 7.15. The van der Waals surface area contributed by atoms with Gasteiger partial charge in [0.15, 0.2) is 0 Å². The standard InChI is InChI=1S/C12H17ClN2/c1-8-2-10(8)7-15-6-9-3-11(13)5-12(14)4-9/h3-5,8,10,15H,2,6-7,14H2,1H3. The van der Waals surface area contributed by atoms with Crippen molar-refractivity contribution >= 4 is 17.3 Å². The smallest absolute Gasteiger partial charge is 0.0429 e. The number of halogens is 1. The molecule has 3 N–H and O–H groups in total. The van der Waals surface area contributed by atoms with Crippen molar-refractivity contribution in [3.8, 4) is 0 Å². The van der Waals surface area contributed by atoms with Crippen LogP contribution in [0.15, 0.2) is 18.2 Å². The number of benzene rings is 1. The Morgan fingerprint density at radius 3 is 2.80 bits per heavy atom. The van der Waals surface area contributed by atoms with Crippen molar-refractivity contribution in [3.63, 3.8) is 0 Å². The molecule has 2 rings (SSSR count). The van der Waals surface area contributed by atoms with Crippen molar-refractivity contribution in [2.45, 2.75) is 19.9 Å². The predicted octanol–water partition coefficient (Wildman–Crippen LogP) is 2.67. The lowest BCUT2D eigenvalue weighted by Crippen LogP contribution is -2.16. The summed E-state index contributed by atoms with van der Waals surface area (Å²) in [6.07, 6.45) is 1.37. The number of nitrogens with two attached hydrogens (primary N) is 1. The molecule has 0 radical (unpaired) electrons. The second-order valence-electron chi connectivity index (χ2n) is 4.50. The van der Waals surface area contributed by atoms with Gasteiger partial charge in [-0.1, -0.05) is 18.5 Å². The normalized spacial score (nSPS) is 24.1. The van der Waals surface area contributed by atoms with Crippen LogP contribution in [-0.2, 0) is 6.54 Å². The number of hydrogen-bond donors (Lipinski definition) is 2. The summed E-state index contributed by atoms with van der Waals surface area (Å²) in [6, 6.07) is 5.70. The molecule has 15 heavy (non-hydrogen) atoms. The molecule has 0 spiro atoms. The molecule has 0 aliphatic heterocycles. The average Bonchev–Trinajstić information content (AvgIpc) is 2.80. The number of nitrogens with one attached hydrogen (secondary N) is 1. The number of rotatable bonds is 4. The Labute approximate surface area is 95.8 Å². The van der Waals surface area contributed by atoms with E-state index in [1.165, 1.54) is 6.42 Å². The van der Waals surface area contributed by atoms with Gasteiger partial charge in [0.1, 0.15) is 0 Å². The molecule has 0 bridgehead atoms. The van der Waals surface area contributed by atoms with Crippen LogP contribution in [0.25, 0.3) is 0 Å². The highest BCUT2D eigenvalue weighted by atomic mass is 35.5.